The van der Waals surface area contributed by atoms with Crippen molar-refractivity contribution in [3.8, 4) is 0 Å². The van der Waals surface area contributed by atoms with Gasteiger partial charge in [-0.1, -0.05) is 30.7 Å². The molecular weight excluding hydrogens is 302 g/mol. The summed E-state index contributed by atoms with van der Waals surface area (Å²) in [6.07, 6.45) is 0.682. The van der Waals surface area contributed by atoms with Gasteiger partial charge in [-0.2, -0.15) is 0 Å². The molecule has 2 heterocycles. The Bertz CT molecular complexity index is 593. The Balaban J connectivity index is 1.60. The molecular formula is C16H20ClN3O2. The topological polar surface area (TPSA) is 52.7 Å². The Morgan fingerprint density at radius 3 is 3.05 bits per heavy atom. The number of nitrogens with zero attached hydrogens (tertiary/aromatic N) is 2. The van der Waals surface area contributed by atoms with Gasteiger partial charge < -0.3 is 15.1 Å². The van der Waals surface area contributed by atoms with Crippen molar-refractivity contribution in [3.05, 3.63) is 34.9 Å². The lowest BCUT2D eigenvalue weighted by atomic mass is 9.99. The van der Waals surface area contributed by atoms with Crippen LogP contribution in [0.2, 0.25) is 5.02 Å². The maximum absolute atomic E-state index is 12.6. The SMILES string of the molecule is C[C@H](Cc1cccc(Cl)c1)C(=O)N1CCN2C(=O)NC[C@H]2C1. The number of carbonyl (C=O) groups is 2. The third-order valence-electron chi connectivity index (χ3n) is 4.40. The molecule has 3 rings (SSSR count). The summed E-state index contributed by atoms with van der Waals surface area (Å²) < 4.78 is 0. The zero-order valence-corrected chi connectivity index (χ0v) is 13.3. The Morgan fingerprint density at radius 1 is 1.45 bits per heavy atom. The van der Waals surface area contributed by atoms with E-state index in [0.29, 0.717) is 37.6 Å². The van der Waals surface area contributed by atoms with E-state index in [2.05, 4.69) is 5.32 Å². The normalized spacial score (nSPS) is 22.3. The molecule has 0 spiro atoms. The van der Waals surface area contributed by atoms with Crippen molar-refractivity contribution in [1.82, 2.24) is 15.1 Å². The fraction of sp³-hybridized carbons (Fsp3) is 0.500. The Hall–Kier alpha value is -1.75. The number of benzene rings is 1. The molecule has 2 aliphatic heterocycles. The van der Waals surface area contributed by atoms with Crippen molar-refractivity contribution in [2.75, 3.05) is 26.2 Å². The first-order valence-corrected chi connectivity index (χ1v) is 8.00. The van der Waals surface area contributed by atoms with E-state index in [9.17, 15) is 9.59 Å². The van der Waals surface area contributed by atoms with E-state index in [1.165, 1.54) is 0 Å². The Kier molecular flexibility index (Phi) is 4.25. The standard InChI is InChI=1S/C16H20ClN3O2/c1-11(7-12-3-2-4-13(17)8-12)15(21)19-5-6-20-14(10-19)9-18-16(20)22/h2-4,8,11,14H,5-7,9-10H2,1H3,(H,18,22)/t11-,14+/m1/s1. The lowest BCUT2D eigenvalue weighted by Gasteiger charge is -2.37. The van der Waals surface area contributed by atoms with Gasteiger partial charge in [0.15, 0.2) is 0 Å². The predicted molar refractivity (Wildman–Crippen MR) is 84.8 cm³/mol. The minimum atomic E-state index is -0.0879. The molecule has 0 aliphatic carbocycles. The summed E-state index contributed by atoms with van der Waals surface area (Å²) in [6, 6.07) is 7.74. The smallest absolute Gasteiger partial charge is 0.317 e. The van der Waals surface area contributed by atoms with Crippen LogP contribution < -0.4 is 5.32 Å². The van der Waals surface area contributed by atoms with Crippen LogP contribution in [-0.4, -0.2) is 54.0 Å². The lowest BCUT2D eigenvalue weighted by Crippen LogP contribution is -2.54. The van der Waals surface area contributed by atoms with Crippen LogP contribution in [0.3, 0.4) is 0 Å². The number of urea groups is 1. The molecule has 118 valence electrons. The minimum absolute atomic E-state index is 0.0101. The van der Waals surface area contributed by atoms with E-state index in [-0.39, 0.29) is 23.9 Å². The van der Waals surface area contributed by atoms with Crippen LogP contribution in [0.25, 0.3) is 0 Å². The van der Waals surface area contributed by atoms with E-state index in [0.717, 1.165) is 5.56 Å². The van der Waals surface area contributed by atoms with Gasteiger partial charge in [0.2, 0.25) is 5.91 Å². The van der Waals surface area contributed by atoms with Crippen LogP contribution in [-0.2, 0) is 11.2 Å². The van der Waals surface area contributed by atoms with Gasteiger partial charge in [-0.3, -0.25) is 4.79 Å². The zero-order chi connectivity index (χ0) is 15.7. The zero-order valence-electron chi connectivity index (χ0n) is 12.6. The summed E-state index contributed by atoms with van der Waals surface area (Å²) in [4.78, 5) is 27.9. The van der Waals surface area contributed by atoms with E-state index in [4.69, 9.17) is 11.6 Å². The summed E-state index contributed by atoms with van der Waals surface area (Å²) in [5, 5.41) is 3.53. The predicted octanol–water partition coefficient (Wildman–Crippen LogP) is 1.75. The molecule has 3 amide bonds. The first-order chi connectivity index (χ1) is 10.5. The maximum Gasteiger partial charge on any atom is 0.317 e. The van der Waals surface area contributed by atoms with Crippen LogP contribution in [0.15, 0.2) is 24.3 Å². The van der Waals surface area contributed by atoms with Crippen molar-refractivity contribution >= 4 is 23.5 Å². The van der Waals surface area contributed by atoms with Gasteiger partial charge in [0.1, 0.15) is 0 Å². The van der Waals surface area contributed by atoms with Gasteiger partial charge >= 0.3 is 6.03 Å². The molecule has 0 radical (unpaired) electrons. The summed E-state index contributed by atoms with van der Waals surface area (Å²) in [5.74, 6) is 0.0639. The number of halogens is 1. The highest BCUT2D eigenvalue weighted by Crippen LogP contribution is 2.19. The number of amides is 3. The summed E-state index contributed by atoms with van der Waals surface area (Å²) in [5.41, 5.74) is 1.07. The Morgan fingerprint density at radius 2 is 2.27 bits per heavy atom. The van der Waals surface area contributed by atoms with Gasteiger partial charge in [-0.25, -0.2) is 4.79 Å². The van der Waals surface area contributed by atoms with Crippen molar-refractivity contribution in [3.63, 3.8) is 0 Å². The molecule has 0 unspecified atom stereocenters. The molecule has 22 heavy (non-hydrogen) atoms. The number of carbonyl (C=O) groups excluding carboxylic acids is 2. The second kappa shape index (κ2) is 6.16. The van der Waals surface area contributed by atoms with Crippen LogP contribution >= 0.6 is 11.6 Å². The molecule has 1 N–H and O–H groups in total. The van der Waals surface area contributed by atoms with Crippen LogP contribution in [0.4, 0.5) is 4.79 Å². The average molecular weight is 322 g/mol. The van der Waals surface area contributed by atoms with Gasteiger partial charge in [-0.15, -0.1) is 0 Å². The molecule has 0 bridgehead atoms. The summed E-state index contributed by atoms with van der Waals surface area (Å²) in [6.45, 7) is 4.44. The average Bonchev–Trinajstić information content (AvgIpc) is 2.87. The van der Waals surface area contributed by atoms with E-state index < -0.39 is 0 Å². The van der Waals surface area contributed by atoms with Crippen molar-refractivity contribution in [2.45, 2.75) is 19.4 Å². The fourth-order valence-electron chi connectivity index (χ4n) is 3.22. The number of hydrogen-bond donors (Lipinski definition) is 1. The van der Waals surface area contributed by atoms with Crippen molar-refractivity contribution < 1.29 is 9.59 Å². The third kappa shape index (κ3) is 3.04. The molecule has 1 aromatic rings. The molecule has 5 nitrogen and oxygen atoms in total. The molecule has 2 saturated heterocycles. The molecule has 2 atom stereocenters. The fourth-order valence-corrected chi connectivity index (χ4v) is 3.43. The summed E-state index contributed by atoms with van der Waals surface area (Å²) in [7, 11) is 0. The van der Waals surface area contributed by atoms with Crippen LogP contribution in [0.1, 0.15) is 12.5 Å². The number of nitrogens with one attached hydrogen (secondary N) is 1. The monoisotopic (exact) mass is 321 g/mol. The molecule has 2 aliphatic rings. The van der Waals surface area contributed by atoms with E-state index in [1.54, 1.807) is 0 Å². The molecule has 6 heteroatoms. The largest absolute Gasteiger partial charge is 0.339 e. The van der Waals surface area contributed by atoms with Gasteiger partial charge in [0, 0.05) is 37.1 Å². The second-order valence-corrected chi connectivity index (χ2v) is 6.49. The van der Waals surface area contributed by atoms with Crippen molar-refractivity contribution in [2.24, 2.45) is 5.92 Å². The molecule has 0 aromatic heterocycles. The van der Waals surface area contributed by atoms with E-state index >= 15 is 0 Å². The highest BCUT2D eigenvalue weighted by molar-refractivity contribution is 6.30. The first kappa shape index (κ1) is 15.2. The highest BCUT2D eigenvalue weighted by atomic mass is 35.5. The number of piperazine rings is 1. The molecule has 1 aromatic carbocycles. The van der Waals surface area contributed by atoms with Crippen LogP contribution in [0, 0.1) is 5.92 Å². The summed E-state index contributed by atoms with van der Waals surface area (Å²) >= 11 is 5.99. The quantitative estimate of drug-likeness (QED) is 0.922. The number of hydrogen-bond acceptors (Lipinski definition) is 2. The highest BCUT2D eigenvalue weighted by Gasteiger charge is 2.37. The molecule has 0 saturated carbocycles. The maximum atomic E-state index is 12.6. The number of rotatable bonds is 3. The first-order valence-electron chi connectivity index (χ1n) is 7.62. The van der Waals surface area contributed by atoms with Crippen LogP contribution in [0.5, 0.6) is 0 Å². The Labute approximate surface area is 135 Å². The van der Waals surface area contributed by atoms with Gasteiger partial charge in [-0.05, 0) is 24.1 Å². The van der Waals surface area contributed by atoms with E-state index in [1.807, 2.05) is 41.0 Å². The van der Waals surface area contributed by atoms with Crippen molar-refractivity contribution in [1.29, 1.82) is 0 Å². The van der Waals surface area contributed by atoms with Gasteiger partial charge in [0.05, 0.1) is 6.04 Å². The number of fused-ring (bicyclic) bond motifs is 1. The second-order valence-electron chi connectivity index (χ2n) is 6.05. The molecule has 2 fully saturated rings. The van der Waals surface area contributed by atoms with Gasteiger partial charge in [0.25, 0.3) is 0 Å². The minimum Gasteiger partial charge on any atom is -0.339 e. The third-order valence-corrected chi connectivity index (χ3v) is 4.63. The lowest BCUT2D eigenvalue weighted by molar-refractivity contribution is -0.137.